The third-order valence-electron chi connectivity index (χ3n) is 13.9. The second-order valence-electron chi connectivity index (χ2n) is 19.5. The number of carbonyl (C=O) groups is 2. The van der Waals surface area contributed by atoms with E-state index in [0.717, 1.165) is 96.3 Å². The molecule has 1 aliphatic carbocycles. The number of benzene rings is 5. The number of sulfonamides is 2. The minimum absolute atomic E-state index is 0.0547. The van der Waals surface area contributed by atoms with Crippen LogP contribution in [-0.2, 0) is 24.8 Å². The molecule has 1 amide bonds. The zero-order chi connectivity index (χ0) is 51.2. The monoisotopic (exact) mass is 1050 g/mol. The summed E-state index contributed by atoms with van der Waals surface area (Å²) < 4.78 is 59.4. The van der Waals surface area contributed by atoms with Crippen molar-refractivity contribution in [3.63, 3.8) is 0 Å². The Morgan fingerprint density at radius 1 is 0.778 bits per heavy atom. The van der Waals surface area contributed by atoms with Gasteiger partial charge in [0, 0.05) is 93.9 Å². The third-order valence-corrected chi connectivity index (χ3v) is 17.3. The molecule has 1 saturated carbocycles. The van der Waals surface area contributed by atoms with Crippen molar-refractivity contribution in [3.05, 3.63) is 143 Å². The van der Waals surface area contributed by atoms with Gasteiger partial charge in [0.05, 0.1) is 22.4 Å². The molecule has 16 heteroatoms. The number of aldehydes is 1. The van der Waals surface area contributed by atoms with Crippen LogP contribution in [0.2, 0.25) is 5.02 Å². The summed E-state index contributed by atoms with van der Waals surface area (Å²) >= 11 is 8.13. The van der Waals surface area contributed by atoms with E-state index in [-0.39, 0.29) is 22.9 Å². The second-order valence-corrected chi connectivity index (χ2v) is 24.4. The fourth-order valence-corrected chi connectivity index (χ4v) is 12.9. The zero-order valence-corrected chi connectivity index (χ0v) is 44.8. The maximum atomic E-state index is 13.8. The number of nitrogens with zero attached hydrogens (tertiary/aromatic N) is 3. The van der Waals surface area contributed by atoms with Crippen LogP contribution in [0.15, 0.2) is 131 Å². The lowest BCUT2D eigenvalue weighted by Gasteiger charge is -2.37. The first kappa shape index (κ1) is 52.6. The topological polar surface area (TPSA) is 150 Å². The first-order chi connectivity index (χ1) is 34.5. The summed E-state index contributed by atoms with van der Waals surface area (Å²) in [5.41, 5.74) is 8.18. The van der Waals surface area contributed by atoms with Crippen LogP contribution in [-0.4, -0.2) is 77.8 Å². The van der Waals surface area contributed by atoms with Crippen molar-refractivity contribution in [1.29, 1.82) is 0 Å². The molecule has 8 rings (SSSR count). The number of piperazine rings is 1. The Morgan fingerprint density at radius 2 is 1.44 bits per heavy atom. The SMILES string of the molecule is Cc1cc(S(=O)(=O)Nc2ccc(N3CCN(c4cccc(-c5c(C(=O)NS(C)(=O)=O)c(C)n(C(C)C)c5-c5ccc(Cl)cc5)c4)CC3)cc2)ccc1N[C@H](CCC1CCC(C=O)CC1)CSc1ccccc1. The molecule has 1 saturated heterocycles. The maximum Gasteiger partial charge on any atom is 0.267 e. The molecular weight excluding hydrogens is 984 g/mol. The Kier molecular flexibility index (Phi) is 16.8. The van der Waals surface area contributed by atoms with Crippen molar-refractivity contribution in [2.75, 3.05) is 58.0 Å². The molecule has 3 N–H and O–H groups in total. The summed E-state index contributed by atoms with van der Waals surface area (Å²) in [6.07, 6.45) is 8.30. The van der Waals surface area contributed by atoms with Gasteiger partial charge in [-0.1, -0.05) is 54.1 Å². The van der Waals surface area contributed by atoms with Crippen molar-refractivity contribution >= 4 is 78.4 Å². The quantitative estimate of drug-likeness (QED) is 0.0528. The molecule has 1 aliphatic heterocycles. The summed E-state index contributed by atoms with van der Waals surface area (Å²) in [6, 6.07) is 38.7. The summed E-state index contributed by atoms with van der Waals surface area (Å²) in [6.45, 7) is 10.7. The summed E-state index contributed by atoms with van der Waals surface area (Å²) in [5.74, 6) is 0.998. The number of amides is 1. The highest BCUT2D eigenvalue weighted by Crippen LogP contribution is 2.43. The van der Waals surface area contributed by atoms with Gasteiger partial charge in [0.1, 0.15) is 6.29 Å². The number of anilines is 4. The average molecular weight is 1050 g/mol. The lowest BCUT2D eigenvalue weighted by Crippen LogP contribution is -2.46. The molecule has 5 aromatic carbocycles. The van der Waals surface area contributed by atoms with Crippen LogP contribution in [0.1, 0.15) is 80.0 Å². The molecule has 380 valence electrons. The Hall–Kier alpha value is -5.74. The maximum absolute atomic E-state index is 13.8. The van der Waals surface area contributed by atoms with Crippen molar-refractivity contribution in [2.24, 2.45) is 11.8 Å². The van der Waals surface area contributed by atoms with Gasteiger partial charge in [-0.3, -0.25) is 9.52 Å². The van der Waals surface area contributed by atoms with Gasteiger partial charge in [0.25, 0.3) is 15.9 Å². The number of hydrogen-bond donors (Lipinski definition) is 3. The molecule has 1 aromatic heterocycles. The number of aromatic nitrogens is 1. The predicted octanol–water partition coefficient (Wildman–Crippen LogP) is 11.8. The van der Waals surface area contributed by atoms with E-state index in [9.17, 15) is 26.4 Å². The predicted molar refractivity (Wildman–Crippen MR) is 296 cm³/mol. The van der Waals surface area contributed by atoms with Crippen LogP contribution in [0.4, 0.5) is 22.7 Å². The van der Waals surface area contributed by atoms with Crippen LogP contribution in [0, 0.1) is 25.7 Å². The fourth-order valence-electron chi connectivity index (χ4n) is 10.2. The molecule has 2 heterocycles. The minimum atomic E-state index is -3.88. The highest BCUT2D eigenvalue weighted by Gasteiger charge is 2.30. The van der Waals surface area contributed by atoms with Gasteiger partial charge in [-0.25, -0.2) is 21.6 Å². The van der Waals surface area contributed by atoms with Gasteiger partial charge >= 0.3 is 0 Å². The van der Waals surface area contributed by atoms with Crippen LogP contribution >= 0.6 is 23.4 Å². The molecule has 2 aliphatic rings. The van der Waals surface area contributed by atoms with Crippen molar-refractivity contribution in [2.45, 2.75) is 88.1 Å². The van der Waals surface area contributed by atoms with E-state index in [2.05, 4.69) is 59.5 Å². The summed E-state index contributed by atoms with van der Waals surface area (Å²) in [5, 5.41) is 4.33. The van der Waals surface area contributed by atoms with E-state index in [0.29, 0.717) is 59.6 Å². The van der Waals surface area contributed by atoms with Crippen molar-refractivity contribution in [1.82, 2.24) is 9.29 Å². The molecule has 0 spiro atoms. The first-order valence-corrected chi connectivity index (χ1v) is 29.5. The largest absolute Gasteiger partial charge is 0.381 e. The zero-order valence-electron chi connectivity index (χ0n) is 41.6. The molecule has 72 heavy (non-hydrogen) atoms. The smallest absolute Gasteiger partial charge is 0.267 e. The Labute approximate surface area is 435 Å². The molecule has 0 radical (unpaired) electrons. The third kappa shape index (κ3) is 12.9. The standard InChI is InChI=1S/C56H65ClN6O6S3/c1-38(2)63-40(4)53(56(65)60-71(5,66)67)54(55(63)43-19-21-45(57)22-20-43)44-10-9-11-49(35-44)62-32-30-61(31-33-62)48-26-24-46(25-27-48)59-72(68,69)51-28-29-52(39(3)34-51)58-47(37-70-50-12-7-6-8-13-50)23-18-41-14-16-42(36-64)17-15-41/h6-13,19-22,24-29,34-36,38,41-42,47,58-59H,14-18,23,30-33,37H2,1-5H3,(H,60,65)/t41?,42?,47-/m1/s1. The van der Waals surface area contributed by atoms with Crippen LogP contribution in [0.5, 0.6) is 0 Å². The first-order valence-electron chi connectivity index (χ1n) is 24.7. The number of nitrogens with one attached hydrogen (secondary N) is 3. The fraction of sp³-hybridized carbons (Fsp3) is 0.357. The Bertz CT molecular complexity index is 3080. The molecule has 6 aromatic rings. The van der Waals surface area contributed by atoms with E-state index in [1.807, 2.05) is 94.1 Å². The van der Waals surface area contributed by atoms with Crippen LogP contribution in [0.25, 0.3) is 22.4 Å². The van der Waals surface area contributed by atoms with E-state index < -0.39 is 26.0 Å². The summed E-state index contributed by atoms with van der Waals surface area (Å²) in [4.78, 5) is 31.1. The number of aryl methyl sites for hydroxylation is 1. The molecule has 0 bridgehead atoms. The molecule has 1 atom stereocenters. The molecule has 12 nitrogen and oxygen atoms in total. The number of carbonyl (C=O) groups excluding carboxylic acids is 2. The highest BCUT2D eigenvalue weighted by atomic mass is 35.5. The normalized spacial score (nSPS) is 16.9. The van der Waals surface area contributed by atoms with Gasteiger partial charge < -0.3 is 24.5 Å². The lowest BCUT2D eigenvalue weighted by molar-refractivity contribution is -0.112. The molecular formula is C56H65ClN6O6S3. The number of thioether (sulfide) groups is 1. The second kappa shape index (κ2) is 23.0. The van der Waals surface area contributed by atoms with Gasteiger partial charge in [-0.05, 0) is 168 Å². The van der Waals surface area contributed by atoms with Gasteiger partial charge in [-0.2, -0.15) is 0 Å². The van der Waals surface area contributed by atoms with Crippen molar-refractivity contribution < 1.29 is 26.4 Å². The van der Waals surface area contributed by atoms with E-state index in [1.54, 1.807) is 36.4 Å². The van der Waals surface area contributed by atoms with Gasteiger partial charge in [0.15, 0.2) is 0 Å². The van der Waals surface area contributed by atoms with E-state index in [1.165, 1.54) is 4.90 Å². The van der Waals surface area contributed by atoms with E-state index >= 15 is 0 Å². The summed E-state index contributed by atoms with van der Waals surface area (Å²) in [7, 11) is -7.74. The molecule has 2 fully saturated rings. The van der Waals surface area contributed by atoms with Crippen molar-refractivity contribution in [3.8, 4) is 22.4 Å². The van der Waals surface area contributed by atoms with Crippen LogP contribution < -0.4 is 24.6 Å². The number of halogens is 1. The Balaban J connectivity index is 0.923. The van der Waals surface area contributed by atoms with Gasteiger partial charge in [-0.15, -0.1) is 11.8 Å². The van der Waals surface area contributed by atoms with Gasteiger partial charge in [0.2, 0.25) is 10.0 Å². The minimum Gasteiger partial charge on any atom is -0.381 e. The lowest BCUT2D eigenvalue weighted by atomic mass is 9.80. The number of hydrogen-bond acceptors (Lipinski definition) is 10. The van der Waals surface area contributed by atoms with Crippen LogP contribution in [0.3, 0.4) is 0 Å². The Morgan fingerprint density at radius 3 is 2.07 bits per heavy atom. The molecule has 0 unspecified atom stereocenters. The highest BCUT2D eigenvalue weighted by molar-refractivity contribution is 7.99. The average Bonchev–Trinajstić information content (AvgIpc) is 3.68. The van der Waals surface area contributed by atoms with E-state index in [4.69, 9.17) is 11.6 Å². The number of rotatable bonds is 19.